The highest BCUT2D eigenvalue weighted by Gasteiger charge is 2.20. The molecule has 1 N–H and O–H groups in total. The van der Waals surface area contributed by atoms with E-state index in [1.165, 1.54) is 0 Å². The number of aliphatic hydroxyl groups excluding tert-OH is 1. The number of aliphatic hydroxyl groups is 1. The third-order valence-corrected chi connectivity index (χ3v) is 4.01. The molecule has 1 fully saturated rings. The zero-order valence-corrected chi connectivity index (χ0v) is 11.3. The summed E-state index contributed by atoms with van der Waals surface area (Å²) in [6, 6.07) is 0. The Labute approximate surface area is 111 Å². The maximum atomic E-state index is 11.9. The number of aryl methyl sites for hydroxylation is 1. The van der Waals surface area contributed by atoms with E-state index < -0.39 is 0 Å². The lowest BCUT2D eigenvalue weighted by molar-refractivity contribution is -0.127. The molecule has 4 nitrogen and oxygen atoms in total. The summed E-state index contributed by atoms with van der Waals surface area (Å²) in [6.07, 6.45) is 5.15. The summed E-state index contributed by atoms with van der Waals surface area (Å²) in [5.74, 6) is 0.399. The number of piperidine rings is 1. The third kappa shape index (κ3) is 3.40. The smallest absolute Gasteiger partial charge is 0.246 e. The van der Waals surface area contributed by atoms with Crippen LogP contribution in [0.4, 0.5) is 0 Å². The average Bonchev–Trinajstić information content (AvgIpc) is 2.82. The van der Waals surface area contributed by atoms with Gasteiger partial charge in [-0.25, -0.2) is 4.98 Å². The van der Waals surface area contributed by atoms with E-state index >= 15 is 0 Å². The Hall–Kier alpha value is -1.20. The number of amides is 1. The number of likely N-dealkylation sites (tertiary alicyclic amines) is 1. The lowest BCUT2D eigenvalue weighted by Gasteiger charge is -2.30. The van der Waals surface area contributed by atoms with Crippen molar-refractivity contribution in [2.24, 2.45) is 5.92 Å². The normalized spacial score (nSPS) is 17.6. The van der Waals surface area contributed by atoms with Crippen molar-refractivity contribution in [2.75, 3.05) is 19.7 Å². The molecule has 0 bridgehead atoms. The number of carbonyl (C=O) groups excluding carboxylic acids is 1. The lowest BCUT2D eigenvalue weighted by atomic mass is 9.98. The molecule has 18 heavy (non-hydrogen) atoms. The minimum Gasteiger partial charge on any atom is -0.396 e. The van der Waals surface area contributed by atoms with Gasteiger partial charge in [-0.2, -0.15) is 0 Å². The van der Waals surface area contributed by atoms with Crippen LogP contribution in [0.2, 0.25) is 0 Å². The standard InChI is InChI=1S/C13H18N2O2S/c1-10-14-12(9-18-10)2-3-13(17)15-6-4-11(8-16)5-7-15/h2-3,9,11,16H,4-8H2,1H3/b3-2+. The second-order valence-corrected chi connectivity index (χ2v) is 5.64. The summed E-state index contributed by atoms with van der Waals surface area (Å²) in [4.78, 5) is 18.0. The van der Waals surface area contributed by atoms with E-state index in [0.717, 1.165) is 36.6 Å². The van der Waals surface area contributed by atoms with Gasteiger partial charge in [0.25, 0.3) is 0 Å². The second kappa shape index (κ2) is 6.11. The van der Waals surface area contributed by atoms with E-state index in [1.807, 2.05) is 17.2 Å². The molecule has 1 aromatic rings. The summed E-state index contributed by atoms with van der Waals surface area (Å²) in [5, 5.41) is 12.0. The van der Waals surface area contributed by atoms with Crippen LogP contribution in [0.3, 0.4) is 0 Å². The molecule has 5 heteroatoms. The van der Waals surface area contributed by atoms with Crippen molar-refractivity contribution in [1.82, 2.24) is 9.88 Å². The van der Waals surface area contributed by atoms with Gasteiger partial charge in [-0.15, -0.1) is 11.3 Å². The topological polar surface area (TPSA) is 53.4 Å². The molecule has 98 valence electrons. The van der Waals surface area contributed by atoms with Crippen LogP contribution in [0.25, 0.3) is 6.08 Å². The molecule has 1 aliphatic heterocycles. The van der Waals surface area contributed by atoms with E-state index in [2.05, 4.69) is 4.98 Å². The number of carbonyl (C=O) groups is 1. The number of nitrogens with zero attached hydrogens (tertiary/aromatic N) is 2. The monoisotopic (exact) mass is 266 g/mol. The molecule has 1 aromatic heterocycles. The van der Waals surface area contributed by atoms with Gasteiger partial charge in [-0.1, -0.05) is 0 Å². The highest BCUT2D eigenvalue weighted by Crippen LogP contribution is 2.17. The van der Waals surface area contributed by atoms with Crippen LogP contribution in [0.15, 0.2) is 11.5 Å². The highest BCUT2D eigenvalue weighted by molar-refractivity contribution is 7.09. The predicted octanol–water partition coefficient (Wildman–Crippen LogP) is 1.70. The average molecular weight is 266 g/mol. The van der Waals surface area contributed by atoms with E-state index in [9.17, 15) is 4.79 Å². The molecule has 0 unspecified atom stereocenters. The molecule has 1 saturated heterocycles. The van der Waals surface area contributed by atoms with Crippen molar-refractivity contribution in [1.29, 1.82) is 0 Å². The van der Waals surface area contributed by atoms with Gasteiger partial charge in [0.15, 0.2) is 0 Å². The number of hydrogen-bond acceptors (Lipinski definition) is 4. The minimum atomic E-state index is 0.0389. The van der Waals surface area contributed by atoms with Crippen molar-refractivity contribution in [3.8, 4) is 0 Å². The zero-order chi connectivity index (χ0) is 13.0. The lowest BCUT2D eigenvalue weighted by Crippen LogP contribution is -2.38. The first-order chi connectivity index (χ1) is 8.69. The van der Waals surface area contributed by atoms with Crippen LogP contribution in [-0.4, -0.2) is 40.6 Å². The van der Waals surface area contributed by atoms with Crippen molar-refractivity contribution in [3.05, 3.63) is 22.2 Å². The number of aromatic nitrogens is 1. The minimum absolute atomic E-state index is 0.0389. The van der Waals surface area contributed by atoms with Gasteiger partial charge in [0, 0.05) is 31.2 Å². The summed E-state index contributed by atoms with van der Waals surface area (Å²) in [5.41, 5.74) is 0.844. The van der Waals surface area contributed by atoms with E-state index in [1.54, 1.807) is 23.5 Å². The van der Waals surface area contributed by atoms with E-state index in [4.69, 9.17) is 5.11 Å². The van der Waals surface area contributed by atoms with Crippen LogP contribution in [0, 0.1) is 12.8 Å². The molecule has 0 radical (unpaired) electrons. The van der Waals surface area contributed by atoms with Gasteiger partial charge in [0.05, 0.1) is 10.7 Å². The van der Waals surface area contributed by atoms with Gasteiger partial charge in [-0.3, -0.25) is 4.79 Å². The molecule has 0 aliphatic carbocycles. The Morgan fingerprint density at radius 1 is 1.61 bits per heavy atom. The van der Waals surface area contributed by atoms with Crippen molar-refractivity contribution in [2.45, 2.75) is 19.8 Å². The van der Waals surface area contributed by atoms with Crippen LogP contribution in [0.5, 0.6) is 0 Å². The Balaban J connectivity index is 1.87. The van der Waals surface area contributed by atoms with Crippen LogP contribution < -0.4 is 0 Å². The predicted molar refractivity (Wildman–Crippen MR) is 72.3 cm³/mol. The summed E-state index contributed by atoms with van der Waals surface area (Å²) in [7, 11) is 0. The first-order valence-electron chi connectivity index (χ1n) is 6.19. The van der Waals surface area contributed by atoms with E-state index in [0.29, 0.717) is 5.92 Å². The Kier molecular flexibility index (Phi) is 4.49. The summed E-state index contributed by atoms with van der Waals surface area (Å²) >= 11 is 1.58. The fourth-order valence-electron chi connectivity index (χ4n) is 2.05. The Morgan fingerprint density at radius 2 is 2.33 bits per heavy atom. The van der Waals surface area contributed by atoms with Crippen molar-refractivity contribution >= 4 is 23.3 Å². The maximum absolute atomic E-state index is 11.9. The maximum Gasteiger partial charge on any atom is 0.246 e. The fraction of sp³-hybridized carbons (Fsp3) is 0.538. The van der Waals surface area contributed by atoms with Crippen molar-refractivity contribution < 1.29 is 9.90 Å². The molecule has 2 heterocycles. The molecule has 0 saturated carbocycles. The van der Waals surface area contributed by atoms with Gasteiger partial charge < -0.3 is 10.0 Å². The zero-order valence-electron chi connectivity index (χ0n) is 10.5. The largest absolute Gasteiger partial charge is 0.396 e. The first kappa shape index (κ1) is 13.2. The summed E-state index contributed by atoms with van der Waals surface area (Å²) < 4.78 is 0. The van der Waals surface area contributed by atoms with Crippen LogP contribution >= 0.6 is 11.3 Å². The quantitative estimate of drug-likeness (QED) is 0.847. The molecule has 0 atom stereocenters. The van der Waals surface area contributed by atoms with Crippen LogP contribution in [-0.2, 0) is 4.79 Å². The molecule has 0 spiro atoms. The van der Waals surface area contributed by atoms with Gasteiger partial charge >= 0.3 is 0 Å². The first-order valence-corrected chi connectivity index (χ1v) is 7.07. The molecule has 1 aliphatic rings. The third-order valence-electron chi connectivity index (χ3n) is 3.22. The molecule has 2 rings (SSSR count). The summed E-state index contributed by atoms with van der Waals surface area (Å²) in [6.45, 7) is 3.66. The number of rotatable bonds is 3. The SMILES string of the molecule is Cc1nc(/C=C/C(=O)N2CCC(CO)CC2)cs1. The van der Waals surface area contributed by atoms with Gasteiger partial charge in [-0.05, 0) is 31.8 Å². The highest BCUT2D eigenvalue weighted by atomic mass is 32.1. The molecular weight excluding hydrogens is 248 g/mol. The molecular formula is C13H18N2O2S. The Bertz CT molecular complexity index is 434. The van der Waals surface area contributed by atoms with E-state index in [-0.39, 0.29) is 12.5 Å². The number of hydrogen-bond donors (Lipinski definition) is 1. The van der Waals surface area contributed by atoms with Crippen LogP contribution in [0.1, 0.15) is 23.5 Å². The molecule has 0 aromatic carbocycles. The van der Waals surface area contributed by atoms with Gasteiger partial charge in [0.1, 0.15) is 0 Å². The second-order valence-electron chi connectivity index (χ2n) is 4.58. The van der Waals surface area contributed by atoms with Gasteiger partial charge in [0.2, 0.25) is 5.91 Å². The van der Waals surface area contributed by atoms with Crippen molar-refractivity contribution in [3.63, 3.8) is 0 Å². The number of thiazole rings is 1. The fourth-order valence-corrected chi connectivity index (χ4v) is 2.64. The Morgan fingerprint density at radius 3 is 2.89 bits per heavy atom. The molecule has 1 amide bonds.